The van der Waals surface area contributed by atoms with Crippen LogP contribution in [0.2, 0.25) is 0 Å². The highest BCUT2D eigenvalue weighted by atomic mass is 35.7. The molecule has 90 valence electrons. The van der Waals surface area contributed by atoms with Crippen molar-refractivity contribution >= 4 is 19.7 Å². The highest BCUT2D eigenvalue weighted by Gasteiger charge is 2.38. The third-order valence-electron chi connectivity index (χ3n) is 1.75. The summed E-state index contributed by atoms with van der Waals surface area (Å²) in [6, 6.07) is 2.75. The molecule has 0 aliphatic carbocycles. The summed E-state index contributed by atoms with van der Waals surface area (Å²) < 4.78 is 64.2. The Balaban J connectivity index is 3.65. The van der Waals surface area contributed by atoms with E-state index in [0.717, 1.165) is 19.2 Å². The molecule has 8 heteroatoms. The zero-order chi connectivity index (χ0) is 12.6. The van der Waals surface area contributed by atoms with Crippen molar-refractivity contribution in [3.8, 4) is 5.75 Å². The summed E-state index contributed by atoms with van der Waals surface area (Å²) in [7, 11) is 1.47. The molecular weight excluding hydrogens is 269 g/mol. The second-order valence-electron chi connectivity index (χ2n) is 2.77. The first-order valence-electron chi connectivity index (χ1n) is 3.87. The van der Waals surface area contributed by atoms with Crippen LogP contribution in [0.1, 0.15) is 5.56 Å². The molecule has 0 aromatic heterocycles. The van der Waals surface area contributed by atoms with Crippen molar-refractivity contribution in [1.82, 2.24) is 0 Å². The number of benzene rings is 1. The van der Waals surface area contributed by atoms with Gasteiger partial charge in [0.2, 0.25) is 0 Å². The van der Waals surface area contributed by atoms with E-state index < -0.39 is 31.4 Å². The predicted molar refractivity (Wildman–Crippen MR) is 51.0 cm³/mol. The van der Waals surface area contributed by atoms with Gasteiger partial charge in [-0.1, -0.05) is 6.07 Å². The lowest BCUT2D eigenvalue weighted by molar-refractivity contribution is -0.140. The molecule has 1 aromatic carbocycles. The van der Waals surface area contributed by atoms with Crippen molar-refractivity contribution in [3.63, 3.8) is 0 Å². The van der Waals surface area contributed by atoms with E-state index in [0.29, 0.717) is 6.07 Å². The van der Waals surface area contributed by atoms with Crippen LogP contribution in [-0.2, 0) is 15.2 Å². The minimum atomic E-state index is -4.81. The van der Waals surface area contributed by atoms with Crippen molar-refractivity contribution in [2.75, 3.05) is 7.11 Å². The highest BCUT2D eigenvalue weighted by Crippen LogP contribution is 2.39. The Labute approximate surface area is 94.2 Å². The Morgan fingerprint density at radius 2 is 1.88 bits per heavy atom. The average molecular weight is 275 g/mol. The van der Waals surface area contributed by atoms with Crippen LogP contribution < -0.4 is 4.74 Å². The first-order valence-corrected chi connectivity index (χ1v) is 6.17. The Morgan fingerprint density at radius 3 is 2.25 bits per heavy atom. The predicted octanol–water partition coefficient (Wildman–Crippen LogP) is 2.64. The van der Waals surface area contributed by atoms with Crippen LogP contribution in [-0.4, -0.2) is 15.5 Å². The van der Waals surface area contributed by atoms with Crippen LogP contribution >= 0.6 is 10.7 Å². The van der Waals surface area contributed by atoms with Gasteiger partial charge in [0.1, 0.15) is 10.6 Å². The molecule has 0 heterocycles. The van der Waals surface area contributed by atoms with Crippen LogP contribution in [0.4, 0.5) is 13.2 Å². The monoisotopic (exact) mass is 274 g/mol. The standard InChI is InChI=1S/C8H6ClF3O3S/c1-15-6-4-2-3-5(8(10,11)12)7(6)16(9,13)14/h2-4H,1H3. The summed E-state index contributed by atoms with van der Waals surface area (Å²) in [5, 5.41) is 0. The summed E-state index contributed by atoms with van der Waals surface area (Å²) in [5.41, 5.74) is -1.35. The smallest absolute Gasteiger partial charge is 0.417 e. The van der Waals surface area contributed by atoms with Gasteiger partial charge in [-0.05, 0) is 12.1 Å². The average Bonchev–Trinajstić information content (AvgIpc) is 2.13. The molecule has 0 amide bonds. The topological polar surface area (TPSA) is 43.4 Å². The Bertz CT molecular complexity index is 496. The molecule has 0 aliphatic heterocycles. The molecule has 16 heavy (non-hydrogen) atoms. The van der Waals surface area contributed by atoms with Crippen LogP contribution in [0, 0.1) is 0 Å². The van der Waals surface area contributed by atoms with E-state index in [1.165, 1.54) is 0 Å². The van der Waals surface area contributed by atoms with E-state index in [2.05, 4.69) is 4.74 Å². The molecule has 1 rings (SSSR count). The fraction of sp³-hybridized carbons (Fsp3) is 0.250. The lowest BCUT2D eigenvalue weighted by Gasteiger charge is -2.13. The molecule has 0 saturated carbocycles. The molecule has 0 aliphatic rings. The lowest BCUT2D eigenvalue weighted by Crippen LogP contribution is -2.11. The summed E-state index contributed by atoms with van der Waals surface area (Å²) >= 11 is 0. The van der Waals surface area contributed by atoms with Gasteiger partial charge in [-0.2, -0.15) is 13.2 Å². The Morgan fingerprint density at radius 1 is 1.31 bits per heavy atom. The van der Waals surface area contributed by atoms with E-state index in [9.17, 15) is 21.6 Å². The van der Waals surface area contributed by atoms with E-state index >= 15 is 0 Å². The van der Waals surface area contributed by atoms with Gasteiger partial charge in [0, 0.05) is 10.7 Å². The number of methoxy groups -OCH3 is 1. The van der Waals surface area contributed by atoms with E-state index in [4.69, 9.17) is 10.7 Å². The van der Waals surface area contributed by atoms with Crippen molar-refractivity contribution in [3.05, 3.63) is 23.8 Å². The molecule has 3 nitrogen and oxygen atoms in total. The van der Waals surface area contributed by atoms with Gasteiger partial charge >= 0.3 is 6.18 Å². The number of hydrogen-bond donors (Lipinski definition) is 0. The zero-order valence-corrected chi connectivity index (χ0v) is 9.45. The maximum absolute atomic E-state index is 12.5. The highest BCUT2D eigenvalue weighted by molar-refractivity contribution is 8.13. The van der Waals surface area contributed by atoms with Gasteiger partial charge < -0.3 is 4.74 Å². The molecule has 0 atom stereocenters. The second kappa shape index (κ2) is 4.14. The minimum absolute atomic E-state index is 0.440. The summed E-state index contributed by atoms with van der Waals surface area (Å²) in [6.45, 7) is 0. The molecule has 0 N–H and O–H groups in total. The molecule has 0 unspecified atom stereocenters. The first kappa shape index (κ1) is 13.1. The third kappa shape index (κ3) is 2.59. The normalized spacial score (nSPS) is 12.6. The summed E-state index contributed by atoms with van der Waals surface area (Å²) in [5.74, 6) is -0.440. The third-order valence-corrected chi connectivity index (χ3v) is 3.12. The number of ether oxygens (including phenoxy) is 1. The van der Waals surface area contributed by atoms with Crippen molar-refractivity contribution < 1.29 is 26.3 Å². The molecular formula is C8H6ClF3O3S. The number of hydrogen-bond acceptors (Lipinski definition) is 3. The lowest BCUT2D eigenvalue weighted by atomic mass is 10.2. The molecule has 1 aromatic rings. The summed E-state index contributed by atoms with van der Waals surface area (Å²) in [6.07, 6.45) is -4.81. The number of rotatable bonds is 2. The van der Waals surface area contributed by atoms with Crippen LogP contribution in [0.3, 0.4) is 0 Å². The minimum Gasteiger partial charge on any atom is -0.495 e. The van der Waals surface area contributed by atoms with Crippen molar-refractivity contribution in [1.29, 1.82) is 0 Å². The molecule has 0 saturated heterocycles. The maximum Gasteiger partial charge on any atom is 0.417 e. The largest absolute Gasteiger partial charge is 0.495 e. The van der Waals surface area contributed by atoms with Crippen LogP contribution in [0.15, 0.2) is 23.1 Å². The number of alkyl halides is 3. The van der Waals surface area contributed by atoms with E-state index in [-0.39, 0.29) is 0 Å². The van der Waals surface area contributed by atoms with Gasteiger partial charge in [0.05, 0.1) is 12.7 Å². The molecule has 0 spiro atoms. The SMILES string of the molecule is COc1cccc(C(F)(F)F)c1S(=O)(=O)Cl. The quantitative estimate of drug-likeness (QED) is 0.779. The first-order chi connectivity index (χ1) is 7.18. The molecule has 0 bridgehead atoms. The molecule has 0 radical (unpaired) electrons. The maximum atomic E-state index is 12.5. The van der Waals surface area contributed by atoms with Crippen LogP contribution in [0.5, 0.6) is 5.75 Å². The van der Waals surface area contributed by atoms with Crippen molar-refractivity contribution in [2.24, 2.45) is 0 Å². The summed E-state index contributed by atoms with van der Waals surface area (Å²) in [4.78, 5) is -1.06. The van der Waals surface area contributed by atoms with Gasteiger partial charge in [-0.15, -0.1) is 0 Å². The fourth-order valence-corrected chi connectivity index (χ4v) is 2.47. The van der Waals surface area contributed by atoms with Crippen molar-refractivity contribution in [2.45, 2.75) is 11.1 Å². The van der Waals surface area contributed by atoms with Crippen LogP contribution in [0.25, 0.3) is 0 Å². The van der Waals surface area contributed by atoms with E-state index in [1.54, 1.807) is 0 Å². The van der Waals surface area contributed by atoms with Gasteiger partial charge in [0.25, 0.3) is 9.05 Å². The van der Waals surface area contributed by atoms with E-state index in [1.807, 2.05) is 0 Å². The fourth-order valence-electron chi connectivity index (χ4n) is 1.15. The Kier molecular flexibility index (Phi) is 3.39. The van der Waals surface area contributed by atoms with Gasteiger partial charge in [-0.3, -0.25) is 0 Å². The Hall–Kier alpha value is -0.950. The molecule has 0 fully saturated rings. The second-order valence-corrected chi connectivity index (χ2v) is 5.28. The van der Waals surface area contributed by atoms with Gasteiger partial charge in [-0.25, -0.2) is 8.42 Å². The zero-order valence-electron chi connectivity index (χ0n) is 7.88. The van der Waals surface area contributed by atoms with Gasteiger partial charge in [0.15, 0.2) is 0 Å². The number of halogens is 4.